The van der Waals surface area contributed by atoms with Gasteiger partial charge < -0.3 is 9.73 Å². The lowest BCUT2D eigenvalue weighted by molar-refractivity contribution is 0.0923. The average Bonchev–Trinajstić information content (AvgIpc) is 2.76. The first-order valence-electron chi connectivity index (χ1n) is 6.03. The monoisotopic (exact) mass is 301 g/mol. The van der Waals surface area contributed by atoms with Gasteiger partial charge in [0.1, 0.15) is 5.76 Å². The van der Waals surface area contributed by atoms with Crippen molar-refractivity contribution in [1.29, 1.82) is 0 Å². The van der Waals surface area contributed by atoms with Crippen molar-refractivity contribution in [3.63, 3.8) is 0 Å². The van der Waals surface area contributed by atoms with Crippen LogP contribution in [-0.2, 0) is 6.42 Å². The minimum atomic E-state index is -0.0322. The molecule has 0 bridgehead atoms. The molecule has 0 aliphatic carbocycles. The smallest absolute Gasteiger partial charge is 0.255 e. The second-order valence-corrected chi connectivity index (χ2v) is 5.21. The molecule has 1 amide bonds. The van der Waals surface area contributed by atoms with Crippen molar-refractivity contribution >= 4 is 21.8 Å². The summed E-state index contributed by atoms with van der Waals surface area (Å²) in [6.45, 7) is 6.21. The van der Waals surface area contributed by atoms with Crippen LogP contribution in [0.5, 0.6) is 0 Å². The van der Waals surface area contributed by atoms with Crippen LogP contribution in [0.25, 0.3) is 0 Å². The van der Waals surface area contributed by atoms with E-state index in [0.29, 0.717) is 11.5 Å². The summed E-state index contributed by atoms with van der Waals surface area (Å²) in [5.41, 5.74) is 0.660. The Morgan fingerprint density at radius 2 is 2.24 bits per heavy atom. The quantitative estimate of drug-likeness (QED) is 0.819. The Morgan fingerprint density at radius 1 is 1.53 bits per heavy atom. The number of hydrogen-bond acceptors (Lipinski definition) is 2. The lowest BCUT2D eigenvalue weighted by atomic mass is 10.0. The number of amides is 1. The van der Waals surface area contributed by atoms with Gasteiger partial charge in [0.2, 0.25) is 0 Å². The van der Waals surface area contributed by atoms with Gasteiger partial charge >= 0.3 is 0 Å². The van der Waals surface area contributed by atoms with Gasteiger partial charge in [-0.25, -0.2) is 0 Å². The third kappa shape index (κ3) is 3.87. The normalized spacial score (nSPS) is 12.8. The molecule has 0 aliphatic heterocycles. The van der Waals surface area contributed by atoms with E-state index >= 15 is 0 Å². The van der Waals surface area contributed by atoms with Crippen molar-refractivity contribution in [2.75, 3.05) is 5.33 Å². The molecular formula is C13H20BrNO2. The van der Waals surface area contributed by atoms with Crippen molar-refractivity contribution in [3.05, 3.63) is 23.7 Å². The van der Waals surface area contributed by atoms with Crippen LogP contribution in [0, 0.1) is 5.92 Å². The van der Waals surface area contributed by atoms with Crippen molar-refractivity contribution in [2.24, 2.45) is 5.92 Å². The topological polar surface area (TPSA) is 42.2 Å². The van der Waals surface area contributed by atoms with Gasteiger partial charge in [-0.05, 0) is 18.4 Å². The SMILES string of the molecule is CCc1occc1C(=O)NC(CCBr)C(C)C. The van der Waals surface area contributed by atoms with E-state index in [1.165, 1.54) is 0 Å². The molecule has 0 radical (unpaired) electrons. The lowest BCUT2D eigenvalue weighted by Gasteiger charge is -2.21. The van der Waals surface area contributed by atoms with Crippen LogP contribution >= 0.6 is 15.9 Å². The molecule has 1 N–H and O–H groups in total. The van der Waals surface area contributed by atoms with Gasteiger partial charge in [-0.3, -0.25) is 4.79 Å². The molecule has 0 aliphatic rings. The van der Waals surface area contributed by atoms with Crippen molar-refractivity contribution in [3.8, 4) is 0 Å². The van der Waals surface area contributed by atoms with Gasteiger partial charge in [0.25, 0.3) is 5.91 Å². The summed E-state index contributed by atoms with van der Waals surface area (Å²) in [7, 11) is 0. The molecule has 0 aromatic carbocycles. The molecule has 0 fully saturated rings. The van der Waals surface area contributed by atoms with Crippen LogP contribution in [0.1, 0.15) is 43.3 Å². The predicted molar refractivity (Wildman–Crippen MR) is 72.6 cm³/mol. The predicted octanol–water partition coefficient (Wildman–Crippen LogP) is 3.38. The highest BCUT2D eigenvalue weighted by Gasteiger charge is 2.19. The van der Waals surface area contributed by atoms with Crippen LogP contribution in [0.3, 0.4) is 0 Å². The van der Waals surface area contributed by atoms with Crippen LogP contribution in [0.15, 0.2) is 16.7 Å². The number of aryl methyl sites for hydroxylation is 1. The van der Waals surface area contributed by atoms with E-state index in [-0.39, 0.29) is 11.9 Å². The van der Waals surface area contributed by atoms with Crippen molar-refractivity contribution in [1.82, 2.24) is 5.32 Å². The van der Waals surface area contributed by atoms with Gasteiger partial charge in [-0.15, -0.1) is 0 Å². The largest absolute Gasteiger partial charge is 0.469 e. The molecule has 3 nitrogen and oxygen atoms in total. The van der Waals surface area contributed by atoms with Gasteiger partial charge in [0.05, 0.1) is 11.8 Å². The number of carbonyl (C=O) groups excluding carboxylic acids is 1. The Labute approximate surface area is 111 Å². The van der Waals surface area contributed by atoms with Crippen LogP contribution in [-0.4, -0.2) is 17.3 Å². The standard InChI is InChI=1S/C13H20BrNO2/c1-4-12-10(6-8-17-12)13(16)15-11(5-7-14)9(2)3/h6,8-9,11H,4-5,7H2,1-3H3,(H,15,16). The average molecular weight is 302 g/mol. The fraction of sp³-hybridized carbons (Fsp3) is 0.615. The highest BCUT2D eigenvalue weighted by Crippen LogP contribution is 2.13. The summed E-state index contributed by atoms with van der Waals surface area (Å²) in [5.74, 6) is 1.15. The summed E-state index contributed by atoms with van der Waals surface area (Å²) in [6, 6.07) is 1.93. The van der Waals surface area contributed by atoms with E-state index in [1.807, 2.05) is 6.92 Å². The maximum absolute atomic E-state index is 12.1. The third-order valence-corrected chi connectivity index (χ3v) is 3.31. The molecule has 4 heteroatoms. The van der Waals surface area contributed by atoms with E-state index in [4.69, 9.17) is 4.42 Å². The van der Waals surface area contributed by atoms with Crippen LogP contribution in [0.4, 0.5) is 0 Å². The fourth-order valence-electron chi connectivity index (χ4n) is 1.75. The highest BCUT2D eigenvalue weighted by atomic mass is 79.9. The molecule has 1 rings (SSSR count). The summed E-state index contributed by atoms with van der Waals surface area (Å²) >= 11 is 3.42. The Morgan fingerprint density at radius 3 is 2.76 bits per heavy atom. The Hall–Kier alpha value is -0.770. The number of alkyl halides is 1. The van der Waals surface area contributed by atoms with Gasteiger partial charge in [-0.2, -0.15) is 0 Å². The number of carbonyl (C=O) groups is 1. The Bertz CT molecular complexity index is 360. The van der Waals surface area contributed by atoms with E-state index in [1.54, 1.807) is 12.3 Å². The zero-order valence-electron chi connectivity index (χ0n) is 10.6. The maximum atomic E-state index is 12.1. The molecule has 1 atom stereocenters. The van der Waals surface area contributed by atoms with E-state index in [9.17, 15) is 4.79 Å². The third-order valence-electron chi connectivity index (χ3n) is 2.85. The minimum Gasteiger partial charge on any atom is -0.469 e. The van der Waals surface area contributed by atoms with Gasteiger partial charge in [0.15, 0.2) is 0 Å². The van der Waals surface area contributed by atoms with Gasteiger partial charge in [-0.1, -0.05) is 36.7 Å². The summed E-state index contributed by atoms with van der Waals surface area (Å²) in [4.78, 5) is 12.1. The summed E-state index contributed by atoms with van der Waals surface area (Å²) in [6.07, 6.45) is 3.24. The number of hydrogen-bond donors (Lipinski definition) is 1. The van der Waals surface area contributed by atoms with E-state index in [2.05, 4.69) is 35.1 Å². The molecular weight excluding hydrogens is 282 g/mol. The number of furan rings is 1. The van der Waals surface area contributed by atoms with Crippen LogP contribution in [0.2, 0.25) is 0 Å². The van der Waals surface area contributed by atoms with E-state index < -0.39 is 0 Å². The first-order valence-corrected chi connectivity index (χ1v) is 7.15. The first-order chi connectivity index (χ1) is 8.10. The zero-order chi connectivity index (χ0) is 12.8. The van der Waals surface area contributed by atoms with Crippen molar-refractivity contribution in [2.45, 2.75) is 39.7 Å². The molecule has 96 valence electrons. The number of rotatable bonds is 6. The molecule has 1 unspecified atom stereocenters. The second-order valence-electron chi connectivity index (χ2n) is 4.41. The molecule has 1 aromatic rings. The maximum Gasteiger partial charge on any atom is 0.255 e. The molecule has 1 aromatic heterocycles. The molecule has 17 heavy (non-hydrogen) atoms. The minimum absolute atomic E-state index is 0.0322. The molecule has 1 heterocycles. The Kier molecular flexibility index (Phi) is 5.75. The summed E-state index contributed by atoms with van der Waals surface area (Å²) < 4.78 is 5.27. The molecule has 0 saturated heterocycles. The first kappa shape index (κ1) is 14.3. The summed E-state index contributed by atoms with van der Waals surface area (Å²) in [5, 5.41) is 3.96. The Balaban J connectivity index is 2.70. The van der Waals surface area contributed by atoms with E-state index in [0.717, 1.165) is 23.9 Å². The lowest BCUT2D eigenvalue weighted by Crippen LogP contribution is -2.39. The second kappa shape index (κ2) is 6.84. The fourth-order valence-corrected chi connectivity index (χ4v) is 2.25. The number of nitrogens with one attached hydrogen (secondary N) is 1. The molecule has 0 saturated carbocycles. The van der Waals surface area contributed by atoms with Crippen LogP contribution < -0.4 is 5.32 Å². The highest BCUT2D eigenvalue weighted by molar-refractivity contribution is 9.09. The van der Waals surface area contributed by atoms with Gasteiger partial charge in [0, 0.05) is 17.8 Å². The van der Waals surface area contributed by atoms with Crippen molar-refractivity contribution < 1.29 is 9.21 Å². The zero-order valence-corrected chi connectivity index (χ0v) is 12.2. The molecule has 0 spiro atoms. The number of halogens is 1.